The molecule has 0 unspecified atom stereocenters. The van der Waals surface area contributed by atoms with E-state index < -0.39 is 5.97 Å². The number of likely N-dealkylation sites (N-methyl/N-ethyl adjacent to an activating group) is 1. The molecule has 2 N–H and O–H groups in total. The van der Waals surface area contributed by atoms with Gasteiger partial charge in [-0.2, -0.15) is 0 Å². The van der Waals surface area contributed by atoms with Crippen LogP contribution in [0.15, 0.2) is 24.3 Å². The van der Waals surface area contributed by atoms with Crippen LogP contribution >= 0.6 is 0 Å². The summed E-state index contributed by atoms with van der Waals surface area (Å²) in [4.78, 5) is 25.1. The van der Waals surface area contributed by atoms with Crippen LogP contribution in [0.25, 0.3) is 0 Å². The van der Waals surface area contributed by atoms with Crippen molar-refractivity contribution in [3.05, 3.63) is 29.8 Å². The molecule has 0 radical (unpaired) electrons. The first-order valence-corrected chi connectivity index (χ1v) is 9.04. The summed E-state index contributed by atoms with van der Waals surface area (Å²) in [6.45, 7) is 3.49. The van der Waals surface area contributed by atoms with Crippen LogP contribution in [0.2, 0.25) is 0 Å². The van der Waals surface area contributed by atoms with Crippen LogP contribution in [0.5, 0.6) is 5.75 Å². The van der Waals surface area contributed by atoms with Crippen LogP contribution in [0.4, 0.5) is 0 Å². The average molecular weight is 346 g/mol. The minimum Gasteiger partial charge on any atom is -0.493 e. The van der Waals surface area contributed by atoms with Crippen LogP contribution in [0.1, 0.15) is 43.0 Å². The number of carboxylic acid groups (broad SMARTS) is 1. The van der Waals surface area contributed by atoms with E-state index in [1.807, 2.05) is 24.0 Å². The van der Waals surface area contributed by atoms with Gasteiger partial charge in [-0.25, -0.2) is 0 Å². The Bertz CT molecular complexity index is 606. The van der Waals surface area contributed by atoms with Crippen molar-refractivity contribution in [2.45, 2.75) is 44.7 Å². The molecule has 136 valence electrons. The monoisotopic (exact) mass is 346 g/mol. The predicted octanol–water partition coefficient (Wildman–Crippen LogP) is 2.14. The fraction of sp³-hybridized carbons (Fsp3) is 0.579. The first-order chi connectivity index (χ1) is 12.0. The molecule has 1 aromatic rings. The molecular formula is C19H26N2O4. The van der Waals surface area contributed by atoms with Gasteiger partial charge in [-0.3, -0.25) is 14.5 Å². The standard InChI is InChI=1S/C19H26N2O4/c1-2-21(11-18(22)23)16-9-15(10-16)20-19(24)14-5-7-17(8-6-14)25-12-13-3-4-13/h5-8,13,15-16H,2-4,9-12H2,1H3,(H,20,24)(H,22,23). The Hall–Kier alpha value is -2.08. The number of carboxylic acids is 1. The fourth-order valence-electron chi connectivity index (χ4n) is 3.15. The molecule has 1 aromatic carbocycles. The zero-order chi connectivity index (χ0) is 17.8. The van der Waals surface area contributed by atoms with Gasteiger partial charge in [0.25, 0.3) is 5.91 Å². The van der Waals surface area contributed by atoms with Crippen LogP contribution in [0, 0.1) is 5.92 Å². The molecule has 2 aliphatic rings. The van der Waals surface area contributed by atoms with Crippen LogP contribution in [-0.2, 0) is 4.79 Å². The summed E-state index contributed by atoms with van der Waals surface area (Å²) in [7, 11) is 0. The molecule has 0 aliphatic heterocycles. The molecule has 0 aromatic heterocycles. The molecule has 0 heterocycles. The molecule has 0 bridgehead atoms. The van der Waals surface area contributed by atoms with E-state index in [0.29, 0.717) is 18.0 Å². The zero-order valence-electron chi connectivity index (χ0n) is 14.6. The third kappa shape index (κ3) is 4.95. The topological polar surface area (TPSA) is 78.9 Å². The molecule has 0 saturated heterocycles. The van der Waals surface area contributed by atoms with Gasteiger partial charge in [0.1, 0.15) is 5.75 Å². The van der Waals surface area contributed by atoms with Crippen molar-refractivity contribution in [1.82, 2.24) is 10.2 Å². The smallest absolute Gasteiger partial charge is 0.317 e. The van der Waals surface area contributed by atoms with Gasteiger partial charge in [0.2, 0.25) is 0 Å². The van der Waals surface area contributed by atoms with Gasteiger partial charge >= 0.3 is 5.97 Å². The number of rotatable bonds is 9. The zero-order valence-corrected chi connectivity index (χ0v) is 14.6. The van der Waals surface area contributed by atoms with E-state index in [1.54, 1.807) is 12.1 Å². The Kier molecular flexibility index (Phi) is 5.58. The number of ether oxygens (including phenoxy) is 1. The lowest BCUT2D eigenvalue weighted by atomic mass is 9.85. The third-order valence-electron chi connectivity index (χ3n) is 5.01. The number of benzene rings is 1. The quantitative estimate of drug-likeness (QED) is 0.716. The highest BCUT2D eigenvalue weighted by Crippen LogP contribution is 2.29. The maximum absolute atomic E-state index is 12.3. The van der Waals surface area contributed by atoms with E-state index in [0.717, 1.165) is 25.2 Å². The fourth-order valence-corrected chi connectivity index (χ4v) is 3.15. The van der Waals surface area contributed by atoms with Gasteiger partial charge < -0.3 is 15.2 Å². The number of hydrogen-bond donors (Lipinski definition) is 2. The van der Waals surface area contributed by atoms with E-state index in [4.69, 9.17) is 9.84 Å². The van der Waals surface area contributed by atoms with Gasteiger partial charge in [0, 0.05) is 17.6 Å². The molecular weight excluding hydrogens is 320 g/mol. The average Bonchev–Trinajstić information content (AvgIpc) is 3.38. The van der Waals surface area contributed by atoms with Crippen molar-refractivity contribution < 1.29 is 19.4 Å². The molecule has 2 aliphatic carbocycles. The second kappa shape index (κ2) is 7.87. The van der Waals surface area contributed by atoms with Crippen molar-refractivity contribution in [2.24, 2.45) is 5.92 Å². The van der Waals surface area contributed by atoms with Crippen molar-refractivity contribution in [2.75, 3.05) is 19.7 Å². The summed E-state index contributed by atoms with van der Waals surface area (Å²) < 4.78 is 5.68. The lowest BCUT2D eigenvalue weighted by Crippen LogP contribution is -2.54. The van der Waals surface area contributed by atoms with E-state index in [2.05, 4.69) is 5.32 Å². The number of carbonyl (C=O) groups is 2. The van der Waals surface area contributed by atoms with E-state index in [-0.39, 0.29) is 24.5 Å². The molecule has 2 saturated carbocycles. The number of amides is 1. The predicted molar refractivity (Wildman–Crippen MR) is 93.8 cm³/mol. The highest BCUT2D eigenvalue weighted by Gasteiger charge is 2.34. The SMILES string of the molecule is CCN(CC(=O)O)C1CC(NC(=O)c2ccc(OCC3CC3)cc2)C1. The van der Waals surface area contributed by atoms with Crippen molar-refractivity contribution in [3.8, 4) is 5.75 Å². The van der Waals surface area contributed by atoms with Gasteiger partial charge in [-0.15, -0.1) is 0 Å². The third-order valence-corrected chi connectivity index (χ3v) is 5.01. The summed E-state index contributed by atoms with van der Waals surface area (Å²) in [5, 5.41) is 11.9. The first kappa shape index (κ1) is 17.7. The first-order valence-electron chi connectivity index (χ1n) is 9.04. The van der Waals surface area contributed by atoms with E-state index in [9.17, 15) is 9.59 Å². The Morgan fingerprint density at radius 2 is 1.92 bits per heavy atom. The Morgan fingerprint density at radius 3 is 2.48 bits per heavy atom. The normalized spacial score (nSPS) is 22.3. The van der Waals surface area contributed by atoms with Crippen molar-refractivity contribution >= 4 is 11.9 Å². The number of hydrogen-bond acceptors (Lipinski definition) is 4. The number of aliphatic carboxylic acids is 1. The van der Waals surface area contributed by atoms with Gasteiger partial charge in [-0.05, 0) is 62.4 Å². The van der Waals surface area contributed by atoms with Crippen molar-refractivity contribution in [3.63, 3.8) is 0 Å². The maximum Gasteiger partial charge on any atom is 0.317 e. The maximum atomic E-state index is 12.3. The van der Waals surface area contributed by atoms with Gasteiger partial charge in [-0.1, -0.05) is 6.92 Å². The highest BCUT2D eigenvalue weighted by atomic mass is 16.5. The van der Waals surface area contributed by atoms with E-state index in [1.165, 1.54) is 12.8 Å². The number of nitrogens with zero attached hydrogens (tertiary/aromatic N) is 1. The summed E-state index contributed by atoms with van der Waals surface area (Å²) in [6.07, 6.45) is 4.11. The summed E-state index contributed by atoms with van der Waals surface area (Å²) in [6, 6.07) is 7.61. The molecule has 3 rings (SSSR count). The Balaban J connectivity index is 1.42. The lowest BCUT2D eigenvalue weighted by Gasteiger charge is -2.42. The molecule has 2 fully saturated rings. The summed E-state index contributed by atoms with van der Waals surface area (Å²) in [5.74, 6) is 0.620. The molecule has 6 nitrogen and oxygen atoms in total. The Morgan fingerprint density at radius 1 is 1.24 bits per heavy atom. The number of nitrogens with one attached hydrogen (secondary N) is 1. The summed E-state index contributed by atoms with van der Waals surface area (Å²) in [5.41, 5.74) is 0.625. The largest absolute Gasteiger partial charge is 0.493 e. The second-order valence-electron chi connectivity index (χ2n) is 7.03. The summed E-state index contributed by atoms with van der Waals surface area (Å²) >= 11 is 0. The minimum absolute atomic E-state index is 0.0597. The molecule has 1 amide bonds. The Labute approximate surface area is 148 Å². The number of carbonyl (C=O) groups excluding carboxylic acids is 1. The highest BCUT2D eigenvalue weighted by molar-refractivity contribution is 5.94. The molecule has 6 heteroatoms. The molecule has 25 heavy (non-hydrogen) atoms. The molecule has 0 spiro atoms. The van der Waals surface area contributed by atoms with Crippen LogP contribution in [0.3, 0.4) is 0 Å². The minimum atomic E-state index is -0.807. The second-order valence-corrected chi connectivity index (χ2v) is 7.03. The van der Waals surface area contributed by atoms with Crippen LogP contribution < -0.4 is 10.1 Å². The molecule has 0 atom stereocenters. The van der Waals surface area contributed by atoms with E-state index >= 15 is 0 Å². The lowest BCUT2D eigenvalue weighted by molar-refractivity contribution is -0.139. The van der Waals surface area contributed by atoms with Gasteiger partial charge in [0.15, 0.2) is 0 Å². The van der Waals surface area contributed by atoms with Gasteiger partial charge in [0.05, 0.1) is 13.2 Å². The van der Waals surface area contributed by atoms with Crippen molar-refractivity contribution in [1.29, 1.82) is 0 Å². The van der Waals surface area contributed by atoms with Crippen LogP contribution in [-0.4, -0.2) is 53.7 Å².